The minimum Gasteiger partial charge on any atom is -0.483 e. The molecule has 3 saturated carbocycles. The molecule has 8 atom stereocenters. The van der Waals surface area contributed by atoms with Crippen LogP contribution >= 0.6 is 0 Å². The maximum absolute atomic E-state index is 16.8. The zero-order chi connectivity index (χ0) is 52.2. The predicted octanol–water partition coefficient (Wildman–Crippen LogP) is 16.1. The summed E-state index contributed by atoms with van der Waals surface area (Å²) in [7, 11) is 2.98. The summed E-state index contributed by atoms with van der Waals surface area (Å²) in [6.45, 7) is 23.7. The van der Waals surface area contributed by atoms with Gasteiger partial charge in [0.05, 0.1) is 26.3 Å². The average molecular weight is 997 g/mol. The van der Waals surface area contributed by atoms with Crippen molar-refractivity contribution >= 4 is 24.0 Å². The molecule has 0 radical (unpaired) electrons. The third kappa shape index (κ3) is 11.9. The lowest BCUT2D eigenvalue weighted by Gasteiger charge is -2.32. The van der Waals surface area contributed by atoms with E-state index in [1.165, 1.54) is 51.6 Å². The standard InChI is InChI=1S/C65H86F2N2O4/c1-12-13-15-45(40(8)62(38(4)5)69-65(71)73-11)28-42-29-46-22-24-48(32-50(46)30-42)55-26-27-56(60(55)53-35-58(66)61(59(67)36-53)44-20-18-43(19-21-44)37(2)3)49-25-23-47-31-52(34-51(47)33-49)54-16-14-17-57(54)64(70)63(39(6)7)68-41(9)72-10/h22-25,30,32-39,43-45,54-57,60,62-63,68H,8-9,12-21,26-29,31H2,1-7,10-11H3,(H,69,71)/t43?,44?,45?,54-,55+,56+,57?,60?,62-,63-/m0/s1. The maximum Gasteiger partial charge on any atom is 0.407 e. The third-order valence-electron chi connectivity index (χ3n) is 18.3. The highest BCUT2D eigenvalue weighted by molar-refractivity contribution is 5.88. The van der Waals surface area contributed by atoms with Gasteiger partial charge < -0.3 is 20.1 Å². The van der Waals surface area contributed by atoms with Crippen LogP contribution in [0.25, 0.3) is 12.2 Å². The Kier molecular flexibility index (Phi) is 17.6. The quantitative estimate of drug-likeness (QED) is 0.0821. The lowest BCUT2D eigenvalue weighted by Crippen LogP contribution is -2.44. The molecule has 0 spiro atoms. The second-order valence-corrected chi connectivity index (χ2v) is 23.9. The SMILES string of the molecule is C=C(N[C@H](C(=O)C1CCC[C@H]1C1=Cc2cc([C@H]3CC[C@H](c4ccc5c(c4)C=C(CC(CCCC)C(=C)[C@@H](NC(=O)OC)C(C)C)C5)C3c3cc(F)c(C4CCC(C(C)C)CC4)c(F)c3)ccc2C1)C(C)C)OC. The molecule has 1 amide bonds. The number of hydrogen-bond donors (Lipinski definition) is 2. The third-order valence-corrected chi connectivity index (χ3v) is 18.3. The van der Waals surface area contributed by atoms with E-state index in [1.807, 2.05) is 0 Å². The van der Waals surface area contributed by atoms with Crippen LogP contribution in [-0.4, -0.2) is 38.2 Å². The number of allylic oxidation sites excluding steroid dienone is 2. The van der Waals surface area contributed by atoms with Crippen LogP contribution in [0.2, 0.25) is 0 Å². The first-order valence-electron chi connectivity index (χ1n) is 28.2. The number of Topliss-reactive ketones (excluding diaryl/α,β-unsaturated/α-hetero) is 1. The molecule has 3 fully saturated rings. The Labute approximate surface area is 437 Å². The number of halogens is 2. The monoisotopic (exact) mass is 997 g/mol. The Morgan fingerprint density at radius 1 is 0.699 bits per heavy atom. The first-order chi connectivity index (χ1) is 35.0. The Bertz CT molecular complexity index is 2540. The highest BCUT2D eigenvalue weighted by Crippen LogP contribution is 2.56. The van der Waals surface area contributed by atoms with E-state index in [0.717, 1.165) is 107 Å². The molecule has 0 heterocycles. The van der Waals surface area contributed by atoms with Crippen molar-refractivity contribution in [3.63, 3.8) is 0 Å². The highest BCUT2D eigenvalue weighted by atomic mass is 19.1. The fourth-order valence-electron chi connectivity index (χ4n) is 14.2. The zero-order valence-corrected chi connectivity index (χ0v) is 45.7. The molecule has 2 N–H and O–H groups in total. The van der Waals surface area contributed by atoms with Gasteiger partial charge in [0, 0.05) is 11.5 Å². The van der Waals surface area contributed by atoms with Gasteiger partial charge in [-0.3, -0.25) is 4.79 Å². The number of alkyl carbamates (subject to hydrolysis) is 1. The van der Waals surface area contributed by atoms with E-state index in [4.69, 9.17) is 9.47 Å². The van der Waals surface area contributed by atoms with Crippen LogP contribution in [0, 0.1) is 53.1 Å². The van der Waals surface area contributed by atoms with Crippen molar-refractivity contribution in [2.24, 2.45) is 41.4 Å². The lowest BCUT2D eigenvalue weighted by atomic mass is 9.73. The van der Waals surface area contributed by atoms with Gasteiger partial charge in [-0.1, -0.05) is 140 Å². The van der Waals surface area contributed by atoms with E-state index in [9.17, 15) is 9.59 Å². The molecule has 5 aliphatic rings. The van der Waals surface area contributed by atoms with E-state index < -0.39 is 17.7 Å². The summed E-state index contributed by atoms with van der Waals surface area (Å²) in [5.41, 5.74) is 12.2. The van der Waals surface area contributed by atoms with Crippen molar-refractivity contribution in [1.29, 1.82) is 0 Å². The van der Waals surface area contributed by atoms with Crippen molar-refractivity contribution in [3.8, 4) is 0 Å². The molecule has 0 aliphatic heterocycles. The summed E-state index contributed by atoms with van der Waals surface area (Å²) in [4.78, 5) is 26.6. The highest BCUT2D eigenvalue weighted by Gasteiger charge is 2.43. The smallest absolute Gasteiger partial charge is 0.407 e. The summed E-state index contributed by atoms with van der Waals surface area (Å²) in [5.74, 6) is 1.56. The number of carbonyl (C=O) groups is 2. The first-order valence-corrected chi connectivity index (χ1v) is 28.2. The van der Waals surface area contributed by atoms with Crippen LogP contribution < -0.4 is 10.6 Å². The molecular formula is C65H86F2N2O4. The van der Waals surface area contributed by atoms with Gasteiger partial charge in [0.25, 0.3) is 0 Å². The number of unbranched alkanes of at least 4 members (excludes halogenated alkanes) is 1. The Morgan fingerprint density at radius 2 is 1.32 bits per heavy atom. The molecule has 3 aromatic carbocycles. The molecule has 3 unspecified atom stereocenters. The number of amides is 1. The van der Waals surface area contributed by atoms with Gasteiger partial charge in [0.2, 0.25) is 0 Å². The summed E-state index contributed by atoms with van der Waals surface area (Å²) in [6.07, 6.45) is 18.4. The fourth-order valence-corrected chi connectivity index (χ4v) is 14.2. The van der Waals surface area contributed by atoms with Crippen LogP contribution in [0.5, 0.6) is 0 Å². The normalized spacial score (nSPS) is 24.7. The maximum atomic E-state index is 16.8. The number of ether oxygens (including phenoxy) is 2. The number of nitrogens with one attached hydrogen (secondary N) is 2. The molecule has 0 aromatic heterocycles. The van der Waals surface area contributed by atoms with Crippen molar-refractivity contribution in [1.82, 2.24) is 10.6 Å². The topological polar surface area (TPSA) is 76.7 Å². The van der Waals surface area contributed by atoms with Crippen molar-refractivity contribution in [2.75, 3.05) is 14.2 Å². The van der Waals surface area contributed by atoms with Gasteiger partial charge in [-0.15, -0.1) is 0 Å². The summed E-state index contributed by atoms with van der Waals surface area (Å²) in [5, 5.41) is 6.33. The van der Waals surface area contributed by atoms with Crippen molar-refractivity contribution in [3.05, 3.63) is 140 Å². The molecule has 5 aliphatic carbocycles. The fraction of sp³-hybridized carbons (Fsp3) is 0.569. The number of hydrogen-bond acceptors (Lipinski definition) is 5. The number of fused-ring (bicyclic) bond motifs is 2. The Balaban J connectivity index is 1.10. The van der Waals surface area contributed by atoms with E-state index >= 15 is 8.78 Å². The molecule has 8 rings (SSSR count). The average Bonchev–Trinajstić information content (AvgIpc) is 4.20. The van der Waals surface area contributed by atoms with Gasteiger partial charge >= 0.3 is 6.09 Å². The van der Waals surface area contributed by atoms with Crippen LogP contribution in [0.1, 0.15) is 200 Å². The van der Waals surface area contributed by atoms with Gasteiger partial charge in [0.15, 0.2) is 11.7 Å². The first kappa shape index (κ1) is 54.3. The minimum absolute atomic E-state index is 0.0589. The number of carbonyl (C=O) groups excluding carboxylic acids is 2. The van der Waals surface area contributed by atoms with Gasteiger partial charge in [-0.05, 0) is 194 Å². The molecule has 73 heavy (non-hydrogen) atoms. The van der Waals surface area contributed by atoms with Crippen molar-refractivity contribution < 1.29 is 27.8 Å². The molecule has 6 nitrogen and oxygen atoms in total. The van der Waals surface area contributed by atoms with Crippen LogP contribution in [0.4, 0.5) is 13.6 Å². The predicted molar refractivity (Wildman–Crippen MR) is 294 cm³/mol. The molecule has 0 bridgehead atoms. The molecule has 0 saturated heterocycles. The van der Waals surface area contributed by atoms with Crippen LogP contribution in [0.15, 0.2) is 84.3 Å². The second kappa shape index (κ2) is 23.7. The number of rotatable bonds is 21. The lowest BCUT2D eigenvalue weighted by molar-refractivity contribution is -0.126. The van der Waals surface area contributed by atoms with E-state index in [0.29, 0.717) is 17.7 Å². The molecule has 394 valence electrons. The summed E-state index contributed by atoms with van der Waals surface area (Å²) < 4.78 is 43.9. The zero-order valence-electron chi connectivity index (χ0n) is 45.7. The Hall–Kier alpha value is -4.98. The Morgan fingerprint density at radius 3 is 1.89 bits per heavy atom. The molecule has 8 heteroatoms. The van der Waals surface area contributed by atoms with Crippen molar-refractivity contribution in [2.45, 2.75) is 181 Å². The van der Waals surface area contributed by atoms with E-state index in [2.05, 4.69) is 121 Å². The number of methoxy groups -OCH3 is 2. The largest absolute Gasteiger partial charge is 0.483 e. The molecular weight excluding hydrogens is 911 g/mol. The number of ketones is 1. The van der Waals surface area contributed by atoms with Crippen LogP contribution in [-0.2, 0) is 27.1 Å². The van der Waals surface area contributed by atoms with Gasteiger partial charge in [-0.25, -0.2) is 13.6 Å². The van der Waals surface area contributed by atoms with Gasteiger partial charge in [-0.2, -0.15) is 0 Å². The summed E-state index contributed by atoms with van der Waals surface area (Å²) >= 11 is 0. The molecule has 3 aromatic rings. The summed E-state index contributed by atoms with van der Waals surface area (Å²) in [6, 6.07) is 16.7. The minimum atomic E-state index is -0.434. The van der Waals surface area contributed by atoms with Gasteiger partial charge in [0.1, 0.15) is 11.6 Å². The van der Waals surface area contributed by atoms with Crippen LogP contribution in [0.3, 0.4) is 0 Å². The van der Waals surface area contributed by atoms with E-state index in [-0.39, 0.29) is 76.7 Å². The van der Waals surface area contributed by atoms with E-state index in [1.54, 1.807) is 19.2 Å². The second-order valence-electron chi connectivity index (χ2n) is 23.9. The number of benzene rings is 3.